The molecule has 0 radical (unpaired) electrons. The first-order valence-corrected chi connectivity index (χ1v) is 10.4. The predicted molar refractivity (Wildman–Crippen MR) is 109 cm³/mol. The van der Waals surface area contributed by atoms with Crippen molar-refractivity contribution in [2.24, 2.45) is 0 Å². The van der Waals surface area contributed by atoms with Crippen LogP contribution in [0.5, 0.6) is 0 Å². The molecule has 7 nitrogen and oxygen atoms in total. The number of hydrogen-bond donors (Lipinski definition) is 2. The number of aromatic amines is 1. The van der Waals surface area contributed by atoms with Gasteiger partial charge < -0.3 is 9.40 Å². The second-order valence-corrected chi connectivity index (χ2v) is 8.27. The first kappa shape index (κ1) is 18.7. The number of sulfone groups is 1. The van der Waals surface area contributed by atoms with Crippen LogP contribution >= 0.6 is 0 Å². The van der Waals surface area contributed by atoms with Gasteiger partial charge in [-0.15, -0.1) is 0 Å². The summed E-state index contributed by atoms with van der Waals surface area (Å²) in [7, 11) is -3.87. The van der Waals surface area contributed by atoms with E-state index in [4.69, 9.17) is 4.42 Å². The summed E-state index contributed by atoms with van der Waals surface area (Å²) in [5.41, 5.74) is 2.62. The number of H-pyrrole nitrogens is 1. The van der Waals surface area contributed by atoms with E-state index in [1.807, 2.05) is 48.5 Å². The summed E-state index contributed by atoms with van der Waals surface area (Å²) in [6, 6.07) is 18.3. The second-order valence-electron chi connectivity index (χ2n) is 6.31. The Balaban J connectivity index is 1.49. The van der Waals surface area contributed by atoms with E-state index < -0.39 is 21.5 Å². The number of oxazole rings is 1. The standard InChI is InChI=1S/C21H17N3O4S/c25-20(24-21-23-18(13-28-21)16-9-5-2-6-10-16)14-29(26,27)19-12-22-11-17(19)15-7-3-1-4-8-15/h1-13,22H,14H2,(H,23,24,25). The maximum atomic E-state index is 12.8. The second kappa shape index (κ2) is 7.76. The topological polar surface area (TPSA) is 105 Å². The number of benzene rings is 2. The predicted octanol–water partition coefficient (Wildman–Crippen LogP) is 3.75. The maximum absolute atomic E-state index is 12.8. The molecule has 8 heteroatoms. The third kappa shape index (κ3) is 4.12. The molecule has 0 atom stereocenters. The lowest BCUT2D eigenvalue weighted by molar-refractivity contribution is -0.114. The lowest BCUT2D eigenvalue weighted by Crippen LogP contribution is -2.23. The third-order valence-electron chi connectivity index (χ3n) is 4.27. The number of carbonyl (C=O) groups excluding carboxylic acids is 1. The molecule has 2 aromatic carbocycles. The molecule has 1 amide bonds. The monoisotopic (exact) mass is 407 g/mol. The van der Waals surface area contributed by atoms with Crippen LogP contribution in [0.25, 0.3) is 22.4 Å². The van der Waals surface area contributed by atoms with E-state index in [2.05, 4.69) is 15.3 Å². The maximum Gasteiger partial charge on any atom is 0.301 e. The van der Waals surface area contributed by atoms with E-state index in [0.29, 0.717) is 11.3 Å². The van der Waals surface area contributed by atoms with Crippen molar-refractivity contribution < 1.29 is 17.6 Å². The molecule has 4 rings (SSSR count). The molecule has 29 heavy (non-hydrogen) atoms. The fourth-order valence-electron chi connectivity index (χ4n) is 2.93. The third-order valence-corrected chi connectivity index (χ3v) is 5.92. The highest BCUT2D eigenvalue weighted by atomic mass is 32.2. The van der Waals surface area contributed by atoms with E-state index in [-0.39, 0.29) is 10.9 Å². The number of amides is 1. The summed E-state index contributed by atoms with van der Waals surface area (Å²) in [6.07, 6.45) is 4.38. The van der Waals surface area contributed by atoms with Gasteiger partial charge in [-0.25, -0.2) is 8.42 Å². The van der Waals surface area contributed by atoms with Crippen LogP contribution < -0.4 is 5.32 Å². The Morgan fingerprint density at radius 2 is 1.62 bits per heavy atom. The highest BCUT2D eigenvalue weighted by Crippen LogP contribution is 2.28. The van der Waals surface area contributed by atoms with Crippen LogP contribution in [0.4, 0.5) is 6.01 Å². The van der Waals surface area contributed by atoms with Gasteiger partial charge in [0.05, 0.1) is 4.90 Å². The Labute approximate surface area is 167 Å². The van der Waals surface area contributed by atoms with Gasteiger partial charge in [0.1, 0.15) is 17.7 Å². The molecule has 0 aliphatic heterocycles. The van der Waals surface area contributed by atoms with Crippen LogP contribution in [0.1, 0.15) is 0 Å². The zero-order valence-electron chi connectivity index (χ0n) is 15.2. The Hall–Kier alpha value is -3.65. The molecule has 0 saturated heterocycles. The molecule has 0 aliphatic carbocycles. The smallest absolute Gasteiger partial charge is 0.301 e. The fraction of sp³-hybridized carbons (Fsp3) is 0.0476. The Morgan fingerprint density at radius 3 is 2.31 bits per heavy atom. The number of aromatic nitrogens is 2. The average molecular weight is 407 g/mol. The molecule has 0 unspecified atom stereocenters. The van der Waals surface area contributed by atoms with Crippen LogP contribution in [0, 0.1) is 0 Å². The van der Waals surface area contributed by atoms with Crippen molar-refractivity contribution in [1.82, 2.24) is 9.97 Å². The number of carbonyl (C=O) groups is 1. The van der Waals surface area contributed by atoms with E-state index in [1.165, 1.54) is 12.5 Å². The average Bonchev–Trinajstić information content (AvgIpc) is 3.39. The van der Waals surface area contributed by atoms with Gasteiger partial charge in [0.2, 0.25) is 5.91 Å². The highest BCUT2D eigenvalue weighted by Gasteiger charge is 2.25. The van der Waals surface area contributed by atoms with E-state index in [9.17, 15) is 13.2 Å². The van der Waals surface area contributed by atoms with Crippen LogP contribution in [0.15, 0.2) is 88.6 Å². The van der Waals surface area contributed by atoms with Crippen LogP contribution in [-0.4, -0.2) is 30.0 Å². The van der Waals surface area contributed by atoms with Gasteiger partial charge in [0.25, 0.3) is 0 Å². The Bertz CT molecular complexity index is 1230. The molecule has 2 aromatic heterocycles. The molecule has 0 saturated carbocycles. The first-order valence-electron chi connectivity index (χ1n) is 8.79. The van der Waals surface area contributed by atoms with Crippen molar-refractivity contribution in [2.45, 2.75) is 4.90 Å². The molecule has 2 N–H and O–H groups in total. The molecule has 0 spiro atoms. The largest absolute Gasteiger partial charge is 0.431 e. The lowest BCUT2D eigenvalue weighted by Gasteiger charge is -2.06. The zero-order valence-corrected chi connectivity index (χ0v) is 16.0. The van der Waals surface area contributed by atoms with Crippen LogP contribution in [-0.2, 0) is 14.6 Å². The van der Waals surface area contributed by atoms with Crippen molar-refractivity contribution in [3.63, 3.8) is 0 Å². The molecular weight excluding hydrogens is 390 g/mol. The quantitative estimate of drug-likeness (QED) is 0.506. The van der Waals surface area contributed by atoms with Crippen molar-refractivity contribution in [2.75, 3.05) is 11.1 Å². The number of rotatable bonds is 6. The number of nitrogens with one attached hydrogen (secondary N) is 2. The van der Waals surface area contributed by atoms with Gasteiger partial charge in [-0.05, 0) is 5.56 Å². The van der Waals surface area contributed by atoms with Gasteiger partial charge in [-0.1, -0.05) is 60.7 Å². The molecule has 146 valence electrons. The van der Waals surface area contributed by atoms with E-state index in [1.54, 1.807) is 18.3 Å². The van der Waals surface area contributed by atoms with Gasteiger partial charge in [-0.2, -0.15) is 4.98 Å². The summed E-state index contributed by atoms with van der Waals surface area (Å²) < 4.78 is 30.8. The van der Waals surface area contributed by atoms with Gasteiger partial charge in [0, 0.05) is 23.5 Å². The first-order chi connectivity index (χ1) is 14.0. The van der Waals surface area contributed by atoms with Crippen molar-refractivity contribution in [1.29, 1.82) is 0 Å². The summed E-state index contributed by atoms with van der Waals surface area (Å²) in [5, 5.41) is 2.40. The van der Waals surface area contributed by atoms with Crippen molar-refractivity contribution >= 4 is 21.8 Å². The minimum absolute atomic E-state index is 0.0543. The van der Waals surface area contributed by atoms with Crippen molar-refractivity contribution in [3.8, 4) is 22.4 Å². The van der Waals surface area contributed by atoms with E-state index >= 15 is 0 Å². The van der Waals surface area contributed by atoms with Gasteiger partial charge in [0.15, 0.2) is 9.84 Å². The zero-order chi connectivity index (χ0) is 20.3. The highest BCUT2D eigenvalue weighted by molar-refractivity contribution is 7.92. The summed E-state index contributed by atoms with van der Waals surface area (Å²) in [5.74, 6) is -1.46. The van der Waals surface area contributed by atoms with Crippen LogP contribution in [0.3, 0.4) is 0 Å². The van der Waals surface area contributed by atoms with E-state index in [0.717, 1.165) is 11.1 Å². The molecule has 0 fully saturated rings. The van der Waals surface area contributed by atoms with Gasteiger partial charge >= 0.3 is 6.01 Å². The number of nitrogens with zero attached hydrogens (tertiary/aromatic N) is 1. The Morgan fingerprint density at radius 1 is 0.966 bits per heavy atom. The van der Waals surface area contributed by atoms with Crippen LogP contribution in [0.2, 0.25) is 0 Å². The normalized spacial score (nSPS) is 11.3. The summed E-state index contributed by atoms with van der Waals surface area (Å²) in [6.45, 7) is 0. The molecule has 4 aromatic rings. The SMILES string of the molecule is O=C(CS(=O)(=O)c1c[nH]cc1-c1ccccc1)Nc1nc(-c2ccccc2)co1. The number of hydrogen-bond acceptors (Lipinski definition) is 5. The summed E-state index contributed by atoms with van der Waals surface area (Å²) >= 11 is 0. The minimum atomic E-state index is -3.87. The summed E-state index contributed by atoms with van der Waals surface area (Å²) in [4.78, 5) is 19.4. The lowest BCUT2D eigenvalue weighted by atomic mass is 10.1. The Kier molecular flexibility index (Phi) is 5.01. The molecule has 0 aliphatic rings. The molecular formula is C21H17N3O4S. The van der Waals surface area contributed by atoms with Crippen molar-refractivity contribution in [3.05, 3.63) is 79.3 Å². The number of anilines is 1. The van der Waals surface area contributed by atoms with Gasteiger partial charge in [-0.3, -0.25) is 10.1 Å². The fourth-order valence-corrected chi connectivity index (χ4v) is 4.26. The minimum Gasteiger partial charge on any atom is -0.431 e. The molecule has 0 bridgehead atoms. The molecule has 2 heterocycles.